The van der Waals surface area contributed by atoms with Crippen molar-refractivity contribution in [1.29, 1.82) is 0 Å². The zero-order valence-corrected chi connectivity index (χ0v) is 21.5. The maximum atomic E-state index is 13.0. The van der Waals surface area contributed by atoms with Crippen molar-refractivity contribution in [3.8, 4) is 11.1 Å². The minimum absolute atomic E-state index is 0.227. The van der Waals surface area contributed by atoms with Crippen LogP contribution in [0.5, 0.6) is 0 Å². The van der Waals surface area contributed by atoms with Gasteiger partial charge in [-0.15, -0.1) is 0 Å². The first-order chi connectivity index (χ1) is 18.4. The number of H-pyrrole nitrogens is 1. The monoisotopic (exact) mass is 514 g/mol. The Kier molecular flexibility index (Phi) is 7.09. The topological polar surface area (TPSA) is 131 Å². The highest BCUT2D eigenvalue weighted by Gasteiger charge is 2.20. The third kappa shape index (κ3) is 5.68. The molecular formula is C27H30N8O3. The molecule has 3 amide bonds. The van der Waals surface area contributed by atoms with Gasteiger partial charge in [0.25, 0.3) is 5.91 Å². The Morgan fingerprint density at radius 2 is 1.76 bits per heavy atom. The van der Waals surface area contributed by atoms with E-state index in [1.807, 2.05) is 43.3 Å². The molecule has 0 saturated carbocycles. The Labute approximate surface area is 220 Å². The van der Waals surface area contributed by atoms with Gasteiger partial charge in [0.2, 0.25) is 0 Å². The molecule has 196 valence electrons. The molecule has 0 aliphatic carbocycles. The van der Waals surface area contributed by atoms with Crippen LogP contribution in [-0.2, 0) is 0 Å². The Morgan fingerprint density at radius 3 is 2.45 bits per heavy atom. The first-order valence-corrected chi connectivity index (χ1v) is 12.4. The van der Waals surface area contributed by atoms with Crippen LogP contribution in [0, 0.1) is 13.8 Å². The van der Waals surface area contributed by atoms with Crippen molar-refractivity contribution in [3.05, 3.63) is 71.6 Å². The van der Waals surface area contributed by atoms with Crippen LogP contribution in [0.3, 0.4) is 0 Å². The van der Waals surface area contributed by atoms with E-state index in [2.05, 4.69) is 48.2 Å². The Hall–Kier alpha value is -4.64. The molecule has 1 saturated heterocycles. The van der Waals surface area contributed by atoms with E-state index in [0.717, 1.165) is 48.6 Å². The molecule has 1 fully saturated rings. The van der Waals surface area contributed by atoms with Gasteiger partial charge < -0.3 is 25.0 Å². The summed E-state index contributed by atoms with van der Waals surface area (Å²) in [7, 11) is 2.12. The van der Waals surface area contributed by atoms with Crippen LogP contribution in [0.2, 0.25) is 0 Å². The van der Waals surface area contributed by atoms with Crippen LogP contribution in [-0.4, -0.2) is 65.4 Å². The maximum Gasteiger partial charge on any atom is 0.324 e. The number of carbonyl (C=O) groups excluding carboxylic acids is 2. The molecule has 4 N–H and O–H groups in total. The van der Waals surface area contributed by atoms with Crippen molar-refractivity contribution < 1.29 is 14.1 Å². The number of carbonyl (C=O) groups is 2. The summed E-state index contributed by atoms with van der Waals surface area (Å²) < 4.78 is 4.99. The van der Waals surface area contributed by atoms with Crippen molar-refractivity contribution in [2.45, 2.75) is 13.8 Å². The molecule has 2 aromatic heterocycles. The second kappa shape index (κ2) is 10.8. The van der Waals surface area contributed by atoms with Crippen molar-refractivity contribution in [1.82, 2.24) is 20.3 Å². The van der Waals surface area contributed by atoms with Crippen LogP contribution in [0.25, 0.3) is 11.1 Å². The summed E-state index contributed by atoms with van der Waals surface area (Å²) in [6.45, 7) is 7.40. The fourth-order valence-electron chi connectivity index (χ4n) is 4.42. The van der Waals surface area contributed by atoms with E-state index in [4.69, 9.17) is 4.52 Å². The zero-order valence-electron chi connectivity index (χ0n) is 21.5. The number of likely N-dealkylation sites (N-methyl/N-ethyl adjacent to an activating group) is 1. The largest absolute Gasteiger partial charge is 0.368 e. The van der Waals surface area contributed by atoms with E-state index in [0.29, 0.717) is 28.6 Å². The van der Waals surface area contributed by atoms with Crippen LogP contribution < -0.4 is 20.9 Å². The Balaban J connectivity index is 1.42. The average molecular weight is 515 g/mol. The minimum atomic E-state index is -0.412. The summed E-state index contributed by atoms with van der Waals surface area (Å²) >= 11 is 0. The molecule has 0 spiro atoms. The van der Waals surface area contributed by atoms with Crippen LogP contribution in [0.15, 0.2) is 59.3 Å². The lowest BCUT2D eigenvalue weighted by molar-refractivity contribution is 0.102. The lowest BCUT2D eigenvalue weighted by atomic mass is 9.97. The first-order valence-electron chi connectivity index (χ1n) is 12.4. The van der Waals surface area contributed by atoms with Gasteiger partial charge in [0.05, 0.1) is 6.20 Å². The molecule has 4 aromatic rings. The van der Waals surface area contributed by atoms with Gasteiger partial charge in [0, 0.05) is 60.8 Å². The molecule has 1 aliphatic heterocycles. The summed E-state index contributed by atoms with van der Waals surface area (Å²) in [6, 6.07) is 14.5. The number of amides is 3. The van der Waals surface area contributed by atoms with Gasteiger partial charge in [-0.1, -0.05) is 11.2 Å². The summed E-state index contributed by atoms with van der Waals surface area (Å²) in [5.74, 6) is 1.26. The fourth-order valence-corrected chi connectivity index (χ4v) is 4.42. The van der Waals surface area contributed by atoms with Gasteiger partial charge in [-0.25, -0.2) is 4.79 Å². The molecule has 3 heterocycles. The number of hydrogen-bond acceptors (Lipinski definition) is 7. The predicted octanol–water partition coefficient (Wildman–Crippen LogP) is 4.33. The highest BCUT2D eigenvalue weighted by Crippen LogP contribution is 2.35. The smallest absolute Gasteiger partial charge is 0.324 e. The number of urea groups is 1. The highest BCUT2D eigenvalue weighted by atomic mass is 16.5. The van der Waals surface area contributed by atoms with E-state index in [-0.39, 0.29) is 5.91 Å². The molecule has 0 unspecified atom stereocenters. The highest BCUT2D eigenvalue weighted by molar-refractivity contribution is 6.05. The van der Waals surface area contributed by atoms with E-state index >= 15 is 0 Å². The van der Waals surface area contributed by atoms with E-state index in [9.17, 15) is 9.59 Å². The summed E-state index contributed by atoms with van der Waals surface area (Å²) in [6.07, 6.45) is 1.59. The molecule has 5 rings (SSSR count). The molecule has 0 atom stereocenters. The standard InChI is InChI=1S/C27H30N8O3/c1-17-14-19(4-6-22(17)29-27(37)31-25-15-18(2)38-33-25)21-16-20(26(36)30-24-8-9-28-32-24)5-7-23(21)35-12-10-34(3)11-13-35/h4-9,14-16H,10-13H2,1-3H3,(H2,28,30,32,36)(H2,29,31,33,37). The SMILES string of the molecule is Cc1cc(NC(=O)Nc2ccc(-c3cc(C(=O)Nc4ccn[nH]4)ccc3N3CCN(C)CC3)cc2C)no1. The normalized spacial score (nSPS) is 13.8. The molecule has 38 heavy (non-hydrogen) atoms. The van der Waals surface area contributed by atoms with Crippen LogP contribution >= 0.6 is 0 Å². The van der Waals surface area contributed by atoms with E-state index in [1.54, 1.807) is 25.3 Å². The van der Waals surface area contributed by atoms with Gasteiger partial charge in [-0.3, -0.25) is 15.2 Å². The van der Waals surface area contributed by atoms with Crippen molar-refractivity contribution in [2.75, 3.05) is 54.1 Å². The number of anilines is 4. The van der Waals surface area contributed by atoms with E-state index in [1.165, 1.54) is 0 Å². The number of hydrogen-bond donors (Lipinski definition) is 4. The number of piperazine rings is 1. The molecular weight excluding hydrogens is 484 g/mol. The number of aromatic nitrogens is 3. The van der Waals surface area contributed by atoms with Crippen molar-refractivity contribution >= 4 is 34.9 Å². The summed E-state index contributed by atoms with van der Waals surface area (Å²) in [4.78, 5) is 30.1. The van der Waals surface area contributed by atoms with Gasteiger partial charge in [-0.2, -0.15) is 5.10 Å². The number of nitrogens with one attached hydrogen (secondary N) is 4. The average Bonchev–Trinajstić information content (AvgIpc) is 3.57. The summed E-state index contributed by atoms with van der Waals surface area (Å²) in [5.41, 5.74) is 5.05. The van der Waals surface area contributed by atoms with E-state index < -0.39 is 6.03 Å². The predicted molar refractivity (Wildman–Crippen MR) is 147 cm³/mol. The number of rotatable bonds is 6. The summed E-state index contributed by atoms with van der Waals surface area (Å²) in [5, 5.41) is 18.8. The molecule has 0 radical (unpaired) electrons. The van der Waals surface area contributed by atoms with Crippen LogP contribution in [0.4, 0.5) is 27.8 Å². The second-order valence-electron chi connectivity index (χ2n) is 9.38. The Morgan fingerprint density at radius 1 is 0.947 bits per heavy atom. The van der Waals surface area contributed by atoms with Crippen LogP contribution in [0.1, 0.15) is 21.7 Å². The quantitative estimate of drug-likeness (QED) is 0.301. The molecule has 1 aliphatic rings. The molecule has 11 heteroatoms. The van der Waals surface area contributed by atoms with Gasteiger partial charge in [0.1, 0.15) is 11.6 Å². The molecule has 11 nitrogen and oxygen atoms in total. The zero-order chi connectivity index (χ0) is 26.6. The van der Waals surface area contributed by atoms with Gasteiger partial charge in [0.15, 0.2) is 5.82 Å². The van der Waals surface area contributed by atoms with Crippen molar-refractivity contribution in [2.24, 2.45) is 0 Å². The first kappa shape index (κ1) is 25.0. The van der Waals surface area contributed by atoms with Gasteiger partial charge in [-0.05, 0) is 62.4 Å². The van der Waals surface area contributed by atoms with Crippen molar-refractivity contribution in [3.63, 3.8) is 0 Å². The lowest BCUT2D eigenvalue weighted by Gasteiger charge is -2.35. The fraction of sp³-hybridized carbons (Fsp3) is 0.259. The Bertz CT molecular complexity index is 1440. The number of nitrogens with zero attached hydrogens (tertiary/aromatic N) is 4. The second-order valence-corrected chi connectivity index (χ2v) is 9.38. The molecule has 2 aromatic carbocycles. The number of aromatic amines is 1. The molecule has 0 bridgehead atoms. The minimum Gasteiger partial charge on any atom is -0.368 e. The number of benzene rings is 2. The third-order valence-electron chi connectivity index (χ3n) is 6.51. The maximum absolute atomic E-state index is 13.0. The van der Waals surface area contributed by atoms with Gasteiger partial charge >= 0.3 is 6.03 Å². The third-order valence-corrected chi connectivity index (χ3v) is 6.51. The lowest BCUT2D eigenvalue weighted by Crippen LogP contribution is -2.44. The number of aryl methyl sites for hydroxylation is 2.